The van der Waals surface area contributed by atoms with Crippen LogP contribution in [0, 0.1) is 5.92 Å². The number of aromatic nitrogens is 2. The second-order valence-electron chi connectivity index (χ2n) is 6.40. The molecule has 0 bridgehead atoms. The van der Waals surface area contributed by atoms with Crippen LogP contribution in [-0.4, -0.2) is 39.6 Å². The lowest BCUT2D eigenvalue weighted by molar-refractivity contribution is -0.188. The molecule has 1 aromatic carbocycles. The minimum absolute atomic E-state index is 0.0118. The minimum Gasteiger partial charge on any atom is -0.342 e. The summed E-state index contributed by atoms with van der Waals surface area (Å²) in [5.74, 6) is -1.93. The first kappa shape index (κ1) is 18.2. The van der Waals surface area contributed by atoms with Gasteiger partial charge < -0.3 is 4.90 Å². The first-order valence-electron chi connectivity index (χ1n) is 8.33. The number of carbonyl (C=O) groups excluding carboxylic acids is 1. The van der Waals surface area contributed by atoms with Gasteiger partial charge in [0.2, 0.25) is 5.91 Å². The highest BCUT2D eigenvalue weighted by Crippen LogP contribution is 2.33. The number of carbonyl (C=O) groups is 1. The summed E-state index contributed by atoms with van der Waals surface area (Å²) in [6.45, 7) is -0.0710. The summed E-state index contributed by atoms with van der Waals surface area (Å²) in [7, 11) is 0. The number of para-hydroxylation sites is 1. The number of fused-ring (bicyclic) bond motifs is 1. The maximum absolute atomic E-state index is 12.9. The first-order chi connectivity index (χ1) is 12.3. The minimum atomic E-state index is -4.31. The molecular formula is C17H18F3N3O3. The molecule has 0 radical (unpaired) electrons. The predicted molar refractivity (Wildman–Crippen MR) is 88.8 cm³/mol. The van der Waals surface area contributed by atoms with Crippen molar-refractivity contribution in [3.8, 4) is 0 Å². The van der Waals surface area contributed by atoms with E-state index in [0.29, 0.717) is 17.3 Å². The van der Waals surface area contributed by atoms with Gasteiger partial charge in [0.1, 0.15) is 0 Å². The van der Waals surface area contributed by atoms with Crippen LogP contribution in [0.25, 0.3) is 10.9 Å². The molecule has 26 heavy (non-hydrogen) atoms. The number of aromatic amines is 1. The van der Waals surface area contributed by atoms with Gasteiger partial charge in [-0.1, -0.05) is 12.1 Å². The summed E-state index contributed by atoms with van der Waals surface area (Å²) in [6, 6.07) is 6.47. The van der Waals surface area contributed by atoms with Gasteiger partial charge in [0, 0.05) is 26.1 Å². The van der Waals surface area contributed by atoms with E-state index in [9.17, 15) is 27.6 Å². The number of H-pyrrole nitrogens is 1. The van der Waals surface area contributed by atoms with E-state index in [1.54, 1.807) is 24.3 Å². The van der Waals surface area contributed by atoms with Gasteiger partial charge in [-0.15, -0.1) is 0 Å². The fraction of sp³-hybridized carbons (Fsp3) is 0.471. The summed E-state index contributed by atoms with van der Waals surface area (Å²) in [4.78, 5) is 39.6. The number of halogens is 3. The molecule has 1 aliphatic heterocycles. The maximum atomic E-state index is 12.9. The average molecular weight is 369 g/mol. The number of rotatable bonds is 3. The first-order valence-corrected chi connectivity index (χ1v) is 8.33. The number of benzene rings is 1. The molecule has 1 N–H and O–H groups in total. The van der Waals surface area contributed by atoms with Gasteiger partial charge >= 0.3 is 11.9 Å². The topological polar surface area (TPSA) is 75.2 Å². The highest BCUT2D eigenvalue weighted by molar-refractivity contribution is 5.79. The lowest BCUT2D eigenvalue weighted by Gasteiger charge is -2.33. The Morgan fingerprint density at radius 1 is 1.23 bits per heavy atom. The molecule has 0 unspecified atom stereocenters. The number of piperidine rings is 1. The van der Waals surface area contributed by atoms with E-state index in [4.69, 9.17) is 0 Å². The number of aryl methyl sites for hydroxylation is 1. The van der Waals surface area contributed by atoms with Crippen molar-refractivity contribution in [2.75, 3.05) is 13.1 Å². The van der Waals surface area contributed by atoms with Crippen molar-refractivity contribution in [1.82, 2.24) is 14.5 Å². The molecule has 1 aliphatic rings. The molecular weight excluding hydrogens is 351 g/mol. The van der Waals surface area contributed by atoms with Crippen molar-refractivity contribution < 1.29 is 18.0 Å². The van der Waals surface area contributed by atoms with E-state index in [0.717, 1.165) is 0 Å². The Hall–Kier alpha value is -2.58. The second kappa shape index (κ2) is 6.97. The SMILES string of the molecule is O=C(CCn1c(=O)[nH]c(=O)c2ccccc21)N1CCC[C@H](C(F)(F)F)C1. The number of alkyl halides is 3. The third kappa shape index (κ3) is 3.66. The third-order valence-corrected chi connectivity index (χ3v) is 4.69. The number of amides is 1. The summed E-state index contributed by atoms with van der Waals surface area (Å²) in [6.07, 6.45) is -4.10. The van der Waals surface area contributed by atoms with E-state index >= 15 is 0 Å². The lowest BCUT2D eigenvalue weighted by Crippen LogP contribution is -2.45. The number of hydrogen-bond donors (Lipinski definition) is 1. The van der Waals surface area contributed by atoms with Gasteiger partial charge in [0.25, 0.3) is 5.56 Å². The van der Waals surface area contributed by atoms with Crippen LogP contribution < -0.4 is 11.2 Å². The van der Waals surface area contributed by atoms with Crippen molar-refractivity contribution in [2.45, 2.75) is 32.0 Å². The summed E-state index contributed by atoms with van der Waals surface area (Å²) >= 11 is 0. The van der Waals surface area contributed by atoms with Crippen molar-refractivity contribution in [3.63, 3.8) is 0 Å². The molecule has 2 heterocycles. The smallest absolute Gasteiger partial charge is 0.342 e. The zero-order valence-electron chi connectivity index (χ0n) is 13.9. The normalized spacial score (nSPS) is 18.3. The molecule has 0 aliphatic carbocycles. The van der Waals surface area contributed by atoms with Crippen molar-refractivity contribution in [3.05, 3.63) is 45.1 Å². The van der Waals surface area contributed by atoms with Crippen LogP contribution in [0.3, 0.4) is 0 Å². The number of nitrogens with one attached hydrogen (secondary N) is 1. The van der Waals surface area contributed by atoms with Crippen LogP contribution in [0.2, 0.25) is 0 Å². The number of likely N-dealkylation sites (tertiary alicyclic amines) is 1. The summed E-state index contributed by atoms with van der Waals surface area (Å²) in [5.41, 5.74) is -0.772. The molecule has 2 aromatic rings. The zero-order valence-corrected chi connectivity index (χ0v) is 13.9. The zero-order chi connectivity index (χ0) is 18.9. The Bertz CT molecular complexity index is 932. The predicted octanol–water partition coefficient (Wildman–Crippen LogP) is 1.88. The molecule has 0 saturated carbocycles. The van der Waals surface area contributed by atoms with Crippen molar-refractivity contribution in [1.29, 1.82) is 0 Å². The molecule has 1 aromatic heterocycles. The Morgan fingerprint density at radius 2 is 1.96 bits per heavy atom. The molecule has 6 nitrogen and oxygen atoms in total. The lowest BCUT2D eigenvalue weighted by atomic mass is 9.97. The Balaban J connectivity index is 1.75. The van der Waals surface area contributed by atoms with E-state index in [2.05, 4.69) is 4.98 Å². The summed E-state index contributed by atoms with van der Waals surface area (Å²) < 4.78 is 39.9. The largest absolute Gasteiger partial charge is 0.393 e. The standard InChI is InChI=1S/C17H18F3N3O3/c18-17(19,20)11-4-3-8-22(10-11)14(24)7-9-23-13-6-2-1-5-12(13)15(25)21-16(23)26/h1-2,5-6,11H,3-4,7-10H2,(H,21,25,26)/t11-/m0/s1. The van der Waals surface area contributed by atoms with Crippen LogP contribution in [-0.2, 0) is 11.3 Å². The van der Waals surface area contributed by atoms with Crippen LogP contribution in [0.15, 0.2) is 33.9 Å². The maximum Gasteiger partial charge on any atom is 0.393 e. The van der Waals surface area contributed by atoms with Gasteiger partial charge in [-0.25, -0.2) is 4.79 Å². The molecule has 1 saturated heterocycles. The molecule has 9 heteroatoms. The van der Waals surface area contributed by atoms with Crippen LogP contribution >= 0.6 is 0 Å². The molecule has 1 amide bonds. The van der Waals surface area contributed by atoms with Crippen LogP contribution in [0.4, 0.5) is 13.2 Å². The van der Waals surface area contributed by atoms with E-state index in [1.165, 1.54) is 9.47 Å². The van der Waals surface area contributed by atoms with Gasteiger partial charge in [-0.3, -0.25) is 19.1 Å². The quantitative estimate of drug-likeness (QED) is 0.898. The van der Waals surface area contributed by atoms with Crippen LogP contribution in [0.5, 0.6) is 0 Å². The highest BCUT2D eigenvalue weighted by Gasteiger charge is 2.42. The fourth-order valence-electron chi connectivity index (χ4n) is 3.30. The van der Waals surface area contributed by atoms with Crippen LogP contribution in [0.1, 0.15) is 19.3 Å². The van der Waals surface area contributed by atoms with Gasteiger partial charge in [-0.05, 0) is 25.0 Å². The number of nitrogens with zero attached hydrogens (tertiary/aromatic N) is 2. The van der Waals surface area contributed by atoms with E-state index in [1.807, 2.05) is 0 Å². The summed E-state index contributed by atoms with van der Waals surface area (Å²) in [5, 5.41) is 0.314. The van der Waals surface area contributed by atoms with Gasteiger partial charge in [0.05, 0.1) is 16.8 Å². The Kier molecular flexibility index (Phi) is 4.88. The molecule has 1 atom stereocenters. The number of hydrogen-bond acceptors (Lipinski definition) is 3. The highest BCUT2D eigenvalue weighted by atomic mass is 19.4. The molecule has 3 rings (SSSR count). The van der Waals surface area contributed by atoms with E-state index in [-0.39, 0.29) is 32.5 Å². The average Bonchev–Trinajstić information content (AvgIpc) is 2.60. The Labute approximate surface area is 146 Å². The fourth-order valence-corrected chi connectivity index (χ4v) is 3.30. The van der Waals surface area contributed by atoms with Crippen molar-refractivity contribution in [2.24, 2.45) is 5.92 Å². The monoisotopic (exact) mass is 369 g/mol. The van der Waals surface area contributed by atoms with Gasteiger partial charge in [-0.2, -0.15) is 13.2 Å². The molecule has 0 spiro atoms. The second-order valence-corrected chi connectivity index (χ2v) is 6.40. The molecule has 140 valence electrons. The van der Waals surface area contributed by atoms with Crippen molar-refractivity contribution >= 4 is 16.8 Å². The third-order valence-electron chi connectivity index (χ3n) is 4.69. The van der Waals surface area contributed by atoms with Gasteiger partial charge in [0.15, 0.2) is 0 Å². The molecule has 1 fully saturated rings. The van der Waals surface area contributed by atoms with E-state index < -0.39 is 29.3 Å². The Morgan fingerprint density at radius 3 is 2.69 bits per heavy atom.